The molecule has 0 fully saturated rings. The number of ether oxygens (including phenoxy) is 2. The average molecular weight is 396 g/mol. The van der Waals surface area contributed by atoms with Crippen LogP contribution in [0.15, 0.2) is 42.5 Å². The summed E-state index contributed by atoms with van der Waals surface area (Å²) in [4.78, 5) is 22.7. The van der Waals surface area contributed by atoms with Crippen LogP contribution in [-0.4, -0.2) is 11.9 Å². The molecule has 0 heterocycles. The third-order valence-electron chi connectivity index (χ3n) is 2.64. The maximum atomic E-state index is 11.4. The molecule has 2 aromatic carbocycles. The maximum absolute atomic E-state index is 11.4. The largest absolute Gasteiger partial charge is 0.422 e. The molecular formula is C16H13IO4. The summed E-state index contributed by atoms with van der Waals surface area (Å²) in [6.45, 7) is 2.62. The first-order chi connectivity index (χ1) is 9.99. The average Bonchev–Trinajstić information content (AvgIpc) is 2.43. The molecule has 0 aliphatic heterocycles. The summed E-state index contributed by atoms with van der Waals surface area (Å²) < 4.78 is 11.2. The van der Waals surface area contributed by atoms with Gasteiger partial charge in [-0.25, -0.2) is 0 Å². The van der Waals surface area contributed by atoms with Crippen molar-refractivity contribution in [2.45, 2.75) is 13.8 Å². The predicted octanol–water partition coefficient (Wildman–Crippen LogP) is 3.81. The molecule has 0 unspecified atom stereocenters. The second-order valence-corrected chi connectivity index (χ2v) is 5.47. The molecular weight excluding hydrogens is 383 g/mol. The highest BCUT2D eigenvalue weighted by Crippen LogP contribution is 2.41. The van der Waals surface area contributed by atoms with Gasteiger partial charge in [-0.05, 0) is 40.3 Å². The highest BCUT2D eigenvalue weighted by molar-refractivity contribution is 14.1. The molecule has 0 radical (unpaired) electrons. The fourth-order valence-corrected chi connectivity index (χ4v) is 2.40. The minimum Gasteiger partial charge on any atom is -0.422 e. The van der Waals surface area contributed by atoms with Gasteiger partial charge in [-0.15, -0.1) is 0 Å². The van der Waals surface area contributed by atoms with E-state index in [1.807, 2.05) is 65.1 Å². The second-order valence-electron chi connectivity index (χ2n) is 4.31. The molecule has 0 spiro atoms. The van der Waals surface area contributed by atoms with Crippen molar-refractivity contribution in [3.8, 4) is 22.6 Å². The summed E-state index contributed by atoms with van der Waals surface area (Å²) in [6, 6.07) is 13.1. The van der Waals surface area contributed by atoms with Gasteiger partial charge in [0.1, 0.15) is 0 Å². The van der Waals surface area contributed by atoms with Gasteiger partial charge in [0, 0.05) is 19.4 Å². The van der Waals surface area contributed by atoms with E-state index in [1.165, 1.54) is 13.8 Å². The Morgan fingerprint density at radius 2 is 1.43 bits per heavy atom. The van der Waals surface area contributed by atoms with Gasteiger partial charge in [0.25, 0.3) is 0 Å². The fourth-order valence-electron chi connectivity index (χ4n) is 1.87. The van der Waals surface area contributed by atoms with Gasteiger partial charge >= 0.3 is 11.9 Å². The first kappa shape index (κ1) is 15.5. The van der Waals surface area contributed by atoms with Gasteiger partial charge in [-0.2, -0.15) is 0 Å². The van der Waals surface area contributed by atoms with Crippen molar-refractivity contribution in [1.82, 2.24) is 0 Å². The molecule has 108 valence electrons. The van der Waals surface area contributed by atoms with Crippen molar-refractivity contribution in [1.29, 1.82) is 0 Å². The zero-order valence-corrected chi connectivity index (χ0v) is 13.7. The lowest BCUT2D eigenvalue weighted by atomic mass is 10.0. The molecule has 0 saturated carbocycles. The van der Waals surface area contributed by atoms with Crippen molar-refractivity contribution in [3.63, 3.8) is 0 Å². The number of carbonyl (C=O) groups is 2. The van der Waals surface area contributed by atoms with Crippen LogP contribution < -0.4 is 9.47 Å². The first-order valence-electron chi connectivity index (χ1n) is 6.24. The topological polar surface area (TPSA) is 52.6 Å². The van der Waals surface area contributed by atoms with Crippen molar-refractivity contribution in [2.24, 2.45) is 0 Å². The second kappa shape index (κ2) is 6.71. The van der Waals surface area contributed by atoms with Crippen LogP contribution in [0.5, 0.6) is 11.5 Å². The Balaban J connectivity index is 2.64. The highest BCUT2D eigenvalue weighted by Gasteiger charge is 2.19. The van der Waals surface area contributed by atoms with Crippen molar-refractivity contribution in [3.05, 3.63) is 46.0 Å². The lowest BCUT2D eigenvalue weighted by molar-refractivity contribution is -0.134. The van der Waals surface area contributed by atoms with E-state index in [1.54, 1.807) is 0 Å². The van der Waals surface area contributed by atoms with E-state index in [0.29, 0.717) is 9.13 Å². The summed E-state index contributed by atoms with van der Waals surface area (Å²) >= 11 is 2.03. The monoisotopic (exact) mass is 396 g/mol. The maximum Gasteiger partial charge on any atom is 0.308 e. The predicted molar refractivity (Wildman–Crippen MR) is 87.2 cm³/mol. The number of esters is 2. The highest BCUT2D eigenvalue weighted by atomic mass is 127. The van der Waals surface area contributed by atoms with Crippen molar-refractivity contribution in [2.75, 3.05) is 0 Å². The zero-order chi connectivity index (χ0) is 15.4. The number of halogens is 1. The minimum absolute atomic E-state index is 0.260. The van der Waals surface area contributed by atoms with Gasteiger partial charge in [-0.1, -0.05) is 30.3 Å². The Bertz CT molecular complexity index is 680. The molecule has 0 aliphatic carbocycles. The number of carbonyl (C=O) groups excluding carboxylic acids is 2. The summed E-state index contributed by atoms with van der Waals surface area (Å²) in [5, 5.41) is 0. The van der Waals surface area contributed by atoms with Crippen LogP contribution in [0.4, 0.5) is 0 Å². The van der Waals surface area contributed by atoms with Gasteiger partial charge in [0.05, 0.1) is 3.57 Å². The molecule has 0 saturated heterocycles. The molecule has 0 atom stereocenters. The van der Waals surface area contributed by atoms with Gasteiger partial charge in [0.15, 0.2) is 11.5 Å². The Labute approximate surface area is 136 Å². The van der Waals surface area contributed by atoms with Crippen LogP contribution in [0, 0.1) is 3.57 Å². The number of hydrogen-bond donors (Lipinski definition) is 0. The molecule has 5 heteroatoms. The molecule has 2 aromatic rings. The van der Waals surface area contributed by atoms with Crippen LogP contribution in [0.3, 0.4) is 0 Å². The van der Waals surface area contributed by atoms with E-state index in [9.17, 15) is 9.59 Å². The molecule has 0 amide bonds. The van der Waals surface area contributed by atoms with Crippen LogP contribution in [0.1, 0.15) is 13.8 Å². The third kappa shape index (κ3) is 3.81. The summed E-state index contributed by atoms with van der Waals surface area (Å²) in [6.07, 6.45) is 0. The fraction of sp³-hybridized carbons (Fsp3) is 0.125. The van der Waals surface area contributed by atoms with E-state index in [4.69, 9.17) is 9.47 Å². The van der Waals surface area contributed by atoms with E-state index in [2.05, 4.69) is 0 Å². The molecule has 4 nitrogen and oxygen atoms in total. The van der Waals surface area contributed by atoms with E-state index < -0.39 is 11.9 Å². The number of rotatable bonds is 3. The zero-order valence-electron chi connectivity index (χ0n) is 11.6. The normalized spacial score (nSPS) is 10.0. The molecule has 2 rings (SSSR count). The van der Waals surface area contributed by atoms with Crippen molar-refractivity contribution < 1.29 is 19.1 Å². The molecule has 0 N–H and O–H groups in total. The molecule has 0 aromatic heterocycles. The summed E-state index contributed by atoms with van der Waals surface area (Å²) in [7, 11) is 0. The van der Waals surface area contributed by atoms with E-state index in [-0.39, 0.29) is 11.5 Å². The Kier molecular flexibility index (Phi) is 4.95. The lowest BCUT2D eigenvalue weighted by Crippen LogP contribution is -2.09. The Hall–Kier alpha value is -1.89. The van der Waals surface area contributed by atoms with Crippen LogP contribution in [0.2, 0.25) is 0 Å². The third-order valence-corrected chi connectivity index (χ3v) is 3.49. The van der Waals surface area contributed by atoms with Gasteiger partial charge in [-0.3, -0.25) is 9.59 Å². The Morgan fingerprint density at radius 3 is 2.00 bits per heavy atom. The number of benzene rings is 2. The quantitative estimate of drug-likeness (QED) is 0.450. The van der Waals surface area contributed by atoms with Crippen LogP contribution >= 0.6 is 22.6 Å². The van der Waals surface area contributed by atoms with E-state index >= 15 is 0 Å². The lowest BCUT2D eigenvalue weighted by Gasteiger charge is -2.15. The molecule has 21 heavy (non-hydrogen) atoms. The minimum atomic E-state index is -0.470. The SMILES string of the molecule is CC(=O)Oc1c(I)ccc(-c2ccccc2)c1OC(C)=O. The van der Waals surface area contributed by atoms with Crippen LogP contribution in [-0.2, 0) is 9.59 Å². The first-order valence-corrected chi connectivity index (χ1v) is 7.31. The standard InChI is InChI=1S/C16H13IO4/c1-10(18)20-15-13(12-6-4-3-5-7-12)8-9-14(17)16(15)21-11(2)19/h3-9H,1-2H3. The smallest absolute Gasteiger partial charge is 0.308 e. The summed E-state index contributed by atoms with van der Waals surface area (Å²) in [5.74, 6) is -0.412. The van der Waals surface area contributed by atoms with Crippen LogP contribution in [0.25, 0.3) is 11.1 Å². The van der Waals surface area contributed by atoms with E-state index in [0.717, 1.165) is 5.56 Å². The number of hydrogen-bond acceptors (Lipinski definition) is 4. The molecule has 0 bridgehead atoms. The van der Waals surface area contributed by atoms with Crippen molar-refractivity contribution >= 4 is 34.5 Å². The Morgan fingerprint density at radius 1 is 0.857 bits per heavy atom. The molecule has 0 aliphatic rings. The van der Waals surface area contributed by atoms with Gasteiger partial charge < -0.3 is 9.47 Å². The van der Waals surface area contributed by atoms with Gasteiger partial charge in [0.2, 0.25) is 0 Å². The summed E-state index contributed by atoms with van der Waals surface area (Å²) in [5.41, 5.74) is 1.57.